The van der Waals surface area contributed by atoms with Crippen LogP contribution in [0.4, 0.5) is 0 Å². The summed E-state index contributed by atoms with van der Waals surface area (Å²) in [7, 11) is 0. The van der Waals surface area contributed by atoms with Crippen LogP contribution in [0, 0.1) is 5.92 Å². The topological polar surface area (TPSA) is 66.8 Å². The second-order valence-electron chi connectivity index (χ2n) is 5.63. The Morgan fingerprint density at radius 2 is 1.90 bits per heavy atom. The van der Waals surface area contributed by atoms with Gasteiger partial charge in [-0.2, -0.15) is 0 Å². The van der Waals surface area contributed by atoms with E-state index in [1.165, 1.54) is 6.07 Å². The number of rotatable bonds is 3. The summed E-state index contributed by atoms with van der Waals surface area (Å²) in [5.74, 6) is -0.466. The van der Waals surface area contributed by atoms with Gasteiger partial charge in [-0.25, -0.2) is 4.79 Å². The molecule has 0 aliphatic carbocycles. The number of hydrogen-bond acceptors (Lipinski definition) is 4. The Morgan fingerprint density at radius 3 is 2.57 bits per heavy atom. The van der Waals surface area contributed by atoms with E-state index in [0.717, 1.165) is 56.8 Å². The minimum absolute atomic E-state index is 0.0125. The van der Waals surface area contributed by atoms with Crippen molar-refractivity contribution >= 4 is 23.2 Å². The number of aromatic carboxylic acids is 1. The third kappa shape index (κ3) is 2.96. The average molecular weight is 309 g/mol. The molecule has 1 aromatic heterocycles. The van der Waals surface area contributed by atoms with Crippen LogP contribution in [0.15, 0.2) is 12.1 Å². The van der Waals surface area contributed by atoms with Gasteiger partial charge in [0.05, 0.1) is 4.88 Å². The van der Waals surface area contributed by atoms with E-state index in [1.54, 1.807) is 6.07 Å². The maximum Gasteiger partial charge on any atom is 0.345 e. The minimum atomic E-state index is -0.971. The molecular weight excluding hydrogens is 290 g/mol. The first-order chi connectivity index (χ1) is 10.2. The molecule has 1 N–H and O–H groups in total. The molecule has 0 spiro atoms. The van der Waals surface area contributed by atoms with Crippen LogP contribution in [0.5, 0.6) is 0 Å². The van der Waals surface area contributed by atoms with Crippen LogP contribution in [0.1, 0.15) is 45.0 Å². The number of ether oxygens (including phenoxy) is 1. The fraction of sp³-hybridized carbons (Fsp3) is 0.600. The average Bonchev–Trinajstić information content (AvgIpc) is 3.17. The normalized spacial score (nSPS) is 23.4. The summed E-state index contributed by atoms with van der Waals surface area (Å²) >= 11 is 1.07. The van der Waals surface area contributed by atoms with Gasteiger partial charge < -0.3 is 14.7 Å². The lowest BCUT2D eigenvalue weighted by atomic mass is 9.90. The number of carbonyl (C=O) groups is 2. The summed E-state index contributed by atoms with van der Waals surface area (Å²) < 4.78 is 5.40. The first kappa shape index (κ1) is 14.5. The standard InChI is InChI=1S/C15H19NO4S/c17-14(12-3-4-13(21-12)15(18)19)16-7-1-2-11(16)10-5-8-20-9-6-10/h3-4,10-11H,1-2,5-9H2,(H,18,19)/t11-/m0/s1. The lowest BCUT2D eigenvalue weighted by Crippen LogP contribution is -2.41. The van der Waals surface area contributed by atoms with Crippen molar-refractivity contribution in [1.82, 2.24) is 4.90 Å². The van der Waals surface area contributed by atoms with Crippen molar-refractivity contribution in [1.29, 1.82) is 0 Å². The van der Waals surface area contributed by atoms with E-state index in [4.69, 9.17) is 9.84 Å². The molecule has 114 valence electrons. The van der Waals surface area contributed by atoms with Crippen molar-refractivity contribution in [2.45, 2.75) is 31.7 Å². The molecule has 5 nitrogen and oxygen atoms in total. The van der Waals surface area contributed by atoms with Gasteiger partial charge in [0.15, 0.2) is 0 Å². The molecule has 0 radical (unpaired) electrons. The van der Waals surface area contributed by atoms with Crippen LogP contribution in [-0.4, -0.2) is 47.7 Å². The molecule has 21 heavy (non-hydrogen) atoms. The van der Waals surface area contributed by atoms with Crippen molar-refractivity contribution in [3.8, 4) is 0 Å². The number of carboxylic acids is 1. The van der Waals surface area contributed by atoms with Crippen LogP contribution < -0.4 is 0 Å². The molecule has 1 aromatic rings. The third-order valence-electron chi connectivity index (χ3n) is 4.40. The summed E-state index contributed by atoms with van der Waals surface area (Å²) in [6.45, 7) is 2.35. The van der Waals surface area contributed by atoms with E-state index in [9.17, 15) is 9.59 Å². The highest BCUT2D eigenvalue weighted by molar-refractivity contribution is 7.15. The van der Waals surface area contributed by atoms with E-state index in [0.29, 0.717) is 10.8 Å². The largest absolute Gasteiger partial charge is 0.477 e. The van der Waals surface area contributed by atoms with Crippen LogP contribution in [0.3, 0.4) is 0 Å². The highest BCUT2D eigenvalue weighted by atomic mass is 32.1. The first-order valence-corrected chi connectivity index (χ1v) is 8.20. The van der Waals surface area contributed by atoms with Gasteiger partial charge in [-0.3, -0.25) is 4.79 Å². The van der Waals surface area contributed by atoms with Gasteiger partial charge in [-0.1, -0.05) is 0 Å². The summed E-state index contributed by atoms with van der Waals surface area (Å²) in [4.78, 5) is 26.3. The SMILES string of the molecule is O=C(O)c1ccc(C(=O)N2CCC[C@H]2C2CCOCC2)s1. The molecule has 2 fully saturated rings. The lowest BCUT2D eigenvalue weighted by molar-refractivity contribution is 0.0324. The van der Waals surface area contributed by atoms with Gasteiger partial charge in [-0.05, 0) is 43.7 Å². The summed E-state index contributed by atoms with van der Waals surface area (Å²) in [6, 6.07) is 3.44. The highest BCUT2D eigenvalue weighted by Gasteiger charge is 2.36. The zero-order valence-corrected chi connectivity index (χ0v) is 12.6. The molecule has 0 saturated carbocycles. The van der Waals surface area contributed by atoms with Crippen molar-refractivity contribution in [3.05, 3.63) is 21.9 Å². The number of amides is 1. The Hall–Kier alpha value is -1.40. The lowest BCUT2D eigenvalue weighted by Gasteiger charge is -2.33. The molecule has 0 unspecified atom stereocenters. The minimum Gasteiger partial charge on any atom is -0.477 e. The number of thiophene rings is 1. The number of nitrogens with zero attached hydrogens (tertiary/aromatic N) is 1. The summed E-state index contributed by atoms with van der Waals surface area (Å²) in [5.41, 5.74) is 0. The molecule has 0 aromatic carbocycles. The Balaban J connectivity index is 1.74. The van der Waals surface area contributed by atoms with E-state index in [-0.39, 0.29) is 16.8 Å². The third-order valence-corrected chi connectivity index (χ3v) is 5.46. The van der Waals surface area contributed by atoms with E-state index < -0.39 is 5.97 Å². The van der Waals surface area contributed by atoms with Crippen LogP contribution in [0.2, 0.25) is 0 Å². The maximum atomic E-state index is 12.6. The molecule has 1 amide bonds. The van der Waals surface area contributed by atoms with Crippen molar-refractivity contribution in [3.63, 3.8) is 0 Å². The fourth-order valence-electron chi connectivity index (χ4n) is 3.34. The molecule has 0 bridgehead atoms. The number of carboxylic acid groups (broad SMARTS) is 1. The smallest absolute Gasteiger partial charge is 0.345 e. The molecule has 2 aliphatic rings. The quantitative estimate of drug-likeness (QED) is 0.931. The number of hydrogen-bond donors (Lipinski definition) is 1. The summed E-state index contributed by atoms with van der Waals surface area (Å²) in [6.07, 6.45) is 4.11. The number of likely N-dealkylation sites (tertiary alicyclic amines) is 1. The van der Waals surface area contributed by atoms with Gasteiger partial charge in [0.1, 0.15) is 4.88 Å². The Morgan fingerprint density at radius 1 is 1.19 bits per heavy atom. The van der Waals surface area contributed by atoms with E-state index >= 15 is 0 Å². The fourth-order valence-corrected chi connectivity index (χ4v) is 4.15. The molecule has 2 aliphatic heterocycles. The van der Waals surface area contributed by atoms with Crippen LogP contribution >= 0.6 is 11.3 Å². The first-order valence-electron chi connectivity index (χ1n) is 7.38. The maximum absolute atomic E-state index is 12.6. The molecule has 1 atom stereocenters. The Labute approximate surface area is 127 Å². The van der Waals surface area contributed by atoms with Gasteiger partial charge in [0.2, 0.25) is 0 Å². The van der Waals surface area contributed by atoms with Crippen molar-refractivity contribution < 1.29 is 19.4 Å². The van der Waals surface area contributed by atoms with E-state index in [2.05, 4.69) is 0 Å². The monoisotopic (exact) mass is 309 g/mol. The molecule has 3 heterocycles. The zero-order valence-electron chi connectivity index (χ0n) is 11.8. The number of carbonyl (C=O) groups excluding carboxylic acids is 1. The van der Waals surface area contributed by atoms with Gasteiger partial charge in [0, 0.05) is 25.8 Å². The molecule has 6 heteroatoms. The Kier molecular flexibility index (Phi) is 4.26. The molecular formula is C15H19NO4S. The van der Waals surface area contributed by atoms with Crippen LogP contribution in [0.25, 0.3) is 0 Å². The van der Waals surface area contributed by atoms with Crippen molar-refractivity contribution in [2.75, 3.05) is 19.8 Å². The van der Waals surface area contributed by atoms with Crippen LogP contribution in [-0.2, 0) is 4.74 Å². The summed E-state index contributed by atoms with van der Waals surface area (Å²) in [5, 5.41) is 8.97. The van der Waals surface area contributed by atoms with Gasteiger partial charge >= 0.3 is 5.97 Å². The Bertz CT molecular complexity index is 536. The zero-order chi connectivity index (χ0) is 14.8. The predicted molar refractivity (Wildman–Crippen MR) is 78.9 cm³/mol. The molecule has 2 saturated heterocycles. The predicted octanol–water partition coefficient (Wildman–Crippen LogP) is 2.48. The second kappa shape index (κ2) is 6.15. The highest BCUT2D eigenvalue weighted by Crippen LogP contribution is 2.32. The van der Waals surface area contributed by atoms with Gasteiger partial charge in [0.25, 0.3) is 5.91 Å². The van der Waals surface area contributed by atoms with Crippen molar-refractivity contribution in [2.24, 2.45) is 5.92 Å². The van der Waals surface area contributed by atoms with Gasteiger partial charge in [-0.15, -0.1) is 11.3 Å². The molecule has 3 rings (SSSR count). The second-order valence-corrected chi connectivity index (χ2v) is 6.71. The van der Waals surface area contributed by atoms with E-state index in [1.807, 2.05) is 4.90 Å².